The highest BCUT2D eigenvalue weighted by Crippen LogP contribution is 2.32. The molecule has 204 valence electrons. The first-order valence-corrected chi connectivity index (χ1v) is 12.3. The number of halogens is 4. The van der Waals surface area contributed by atoms with E-state index in [0.717, 1.165) is 23.3 Å². The molecule has 0 atom stereocenters. The third kappa shape index (κ3) is 5.32. The molecule has 1 fully saturated rings. The lowest BCUT2D eigenvalue weighted by molar-refractivity contribution is -0.137. The summed E-state index contributed by atoms with van der Waals surface area (Å²) in [6.07, 6.45) is 0.865. The van der Waals surface area contributed by atoms with Crippen LogP contribution in [0.15, 0.2) is 41.6 Å². The second-order valence-electron chi connectivity index (χ2n) is 9.08. The van der Waals surface area contributed by atoms with Gasteiger partial charge in [0.25, 0.3) is 5.56 Å². The smallest absolute Gasteiger partial charge is 0.417 e. The first kappa shape index (κ1) is 26.6. The van der Waals surface area contributed by atoms with E-state index in [4.69, 9.17) is 16.3 Å². The Morgan fingerprint density at radius 3 is 2.67 bits per heavy atom. The summed E-state index contributed by atoms with van der Waals surface area (Å²) >= 11 is 5.80. The highest BCUT2D eigenvalue weighted by Gasteiger charge is 2.32. The van der Waals surface area contributed by atoms with Gasteiger partial charge in [0, 0.05) is 48.8 Å². The Bertz CT molecular complexity index is 1630. The zero-order valence-corrected chi connectivity index (χ0v) is 21.3. The summed E-state index contributed by atoms with van der Waals surface area (Å²) in [5.74, 6) is -1.37. The third-order valence-electron chi connectivity index (χ3n) is 6.53. The number of alkyl halides is 3. The van der Waals surface area contributed by atoms with Crippen LogP contribution in [0.3, 0.4) is 0 Å². The molecule has 2 N–H and O–H groups in total. The maximum Gasteiger partial charge on any atom is 0.417 e. The molecule has 0 bridgehead atoms. The van der Waals surface area contributed by atoms with Crippen LogP contribution >= 0.6 is 11.6 Å². The third-order valence-corrected chi connectivity index (χ3v) is 6.74. The predicted molar refractivity (Wildman–Crippen MR) is 135 cm³/mol. The number of hydrogen-bond donors (Lipinski definition) is 2. The highest BCUT2D eigenvalue weighted by molar-refractivity contribution is 6.29. The van der Waals surface area contributed by atoms with E-state index in [1.807, 2.05) is 0 Å². The average Bonchev–Trinajstić information content (AvgIpc) is 3.40. The lowest BCUT2D eigenvalue weighted by atomic mass is 10.1. The maximum atomic E-state index is 13.8. The monoisotopic (exact) mass is 562 g/mol. The van der Waals surface area contributed by atoms with Crippen molar-refractivity contribution in [2.75, 3.05) is 18.5 Å². The van der Waals surface area contributed by atoms with Crippen LogP contribution in [0.25, 0.3) is 16.9 Å². The SMILES string of the molecule is Cc1c(-c2cnn(C3CCOCC3)c2)nc2c(CNc3ccc(Cl)nc3C(=O)O)cc(C(F)(F)F)cn2c1=O. The van der Waals surface area contributed by atoms with Gasteiger partial charge in [0.1, 0.15) is 10.8 Å². The largest absolute Gasteiger partial charge is 0.476 e. The second kappa shape index (κ2) is 10.3. The molecule has 0 radical (unpaired) electrons. The van der Waals surface area contributed by atoms with Crippen molar-refractivity contribution < 1.29 is 27.8 Å². The minimum absolute atomic E-state index is 0.0151. The molecule has 0 aromatic carbocycles. The van der Waals surface area contributed by atoms with Crippen molar-refractivity contribution in [2.45, 2.75) is 38.5 Å². The first-order valence-electron chi connectivity index (χ1n) is 11.9. The molecule has 10 nitrogen and oxygen atoms in total. The van der Waals surface area contributed by atoms with Gasteiger partial charge in [-0.1, -0.05) is 11.6 Å². The molecule has 0 amide bonds. The minimum atomic E-state index is -4.74. The van der Waals surface area contributed by atoms with Gasteiger partial charge in [0.2, 0.25) is 0 Å². The fourth-order valence-corrected chi connectivity index (χ4v) is 4.65. The zero-order valence-electron chi connectivity index (χ0n) is 20.5. The van der Waals surface area contributed by atoms with Gasteiger partial charge in [-0.3, -0.25) is 13.9 Å². The Balaban J connectivity index is 1.61. The standard InChI is InChI=1S/C25H22ClF3N6O4/c1-13-20(15-10-31-35(11-15)17-4-6-39-7-5-17)33-22-14(8-16(25(27,28)29)12-34(22)23(13)36)9-30-18-2-3-19(26)32-21(18)24(37)38/h2-3,8,10-12,17,30H,4-7,9H2,1H3,(H,37,38). The highest BCUT2D eigenvalue weighted by atomic mass is 35.5. The number of aromatic carboxylic acids is 1. The number of aromatic nitrogens is 5. The fourth-order valence-electron chi connectivity index (χ4n) is 4.50. The van der Waals surface area contributed by atoms with Gasteiger partial charge in [-0.15, -0.1) is 0 Å². The summed E-state index contributed by atoms with van der Waals surface area (Å²) in [4.78, 5) is 33.3. The number of hydrogen-bond acceptors (Lipinski definition) is 7. The maximum absolute atomic E-state index is 13.8. The van der Waals surface area contributed by atoms with Crippen LogP contribution in [0.2, 0.25) is 5.15 Å². The molecule has 39 heavy (non-hydrogen) atoms. The zero-order chi connectivity index (χ0) is 27.9. The number of pyridine rings is 2. The van der Waals surface area contributed by atoms with Crippen molar-refractivity contribution in [1.82, 2.24) is 24.1 Å². The average molecular weight is 563 g/mol. The molecule has 1 saturated heterocycles. The molecule has 0 saturated carbocycles. The van der Waals surface area contributed by atoms with Crippen LogP contribution in [-0.4, -0.2) is 48.4 Å². The van der Waals surface area contributed by atoms with Gasteiger partial charge >= 0.3 is 12.1 Å². The van der Waals surface area contributed by atoms with E-state index in [9.17, 15) is 27.9 Å². The molecule has 5 heterocycles. The topological polar surface area (TPSA) is 124 Å². The molecular formula is C25H22ClF3N6O4. The summed E-state index contributed by atoms with van der Waals surface area (Å²) in [5, 5.41) is 16.6. The van der Waals surface area contributed by atoms with Gasteiger partial charge in [0.05, 0.1) is 29.2 Å². The molecule has 4 aromatic heterocycles. The van der Waals surface area contributed by atoms with Crippen molar-refractivity contribution in [1.29, 1.82) is 0 Å². The van der Waals surface area contributed by atoms with Crippen molar-refractivity contribution in [3.63, 3.8) is 0 Å². The molecule has 0 aliphatic carbocycles. The minimum Gasteiger partial charge on any atom is -0.476 e. The Morgan fingerprint density at radius 2 is 1.97 bits per heavy atom. The normalized spacial score (nSPS) is 14.6. The molecule has 5 rings (SSSR count). The number of ether oxygens (including phenoxy) is 1. The molecule has 0 spiro atoms. The second-order valence-corrected chi connectivity index (χ2v) is 9.46. The summed E-state index contributed by atoms with van der Waals surface area (Å²) in [5.41, 5.74) is -1.08. The Morgan fingerprint density at radius 1 is 1.23 bits per heavy atom. The van der Waals surface area contributed by atoms with E-state index < -0.39 is 29.0 Å². The van der Waals surface area contributed by atoms with E-state index in [1.165, 1.54) is 19.1 Å². The number of nitrogens with zero attached hydrogens (tertiary/aromatic N) is 5. The van der Waals surface area contributed by atoms with E-state index in [-0.39, 0.29) is 40.2 Å². The van der Waals surface area contributed by atoms with Gasteiger partial charge in [-0.25, -0.2) is 14.8 Å². The van der Waals surface area contributed by atoms with Crippen LogP contribution in [-0.2, 0) is 17.5 Å². The van der Waals surface area contributed by atoms with Crippen LogP contribution in [0.1, 0.15) is 46.1 Å². The van der Waals surface area contributed by atoms with Crippen LogP contribution in [0, 0.1) is 6.92 Å². The summed E-state index contributed by atoms with van der Waals surface area (Å²) in [6.45, 7) is 2.44. The molecule has 1 aliphatic rings. The molecular weight excluding hydrogens is 541 g/mol. The van der Waals surface area contributed by atoms with Crippen LogP contribution in [0.5, 0.6) is 0 Å². The van der Waals surface area contributed by atoms with Crippen molar-refractivity contribution in [2.24, 2.45) is 0 Å². The van der Waals surface area contributed by atoms with Crippen molar-refractivity contribution in [3.8, 4) is 11.3 Å². The van der Waals surface area contributed by atoms with Crippen molar-refractivity contribution >= 4 is 28.9 Å². The number of anilines is 1. The van der Waals surface area contributed by atoms with E-state index in [0.29, 0.717) is 30.7 Å². The van der Waals surface area contributed by atoms with Gasteiger partial charge < -0.3 is 15.2 Å². The number of rotatable bonds is 6. The quantitative estimate of drug-likeness (QED) is 0.327. The molecule has 1 aliphatic heterocycles. The van der Waals surface area contributed by atoms with Crippen LogP contribution in [0.4, 0.5) is 18.9 Å². The lowest BCUT2D eigenvalue weighted by Gasteiger charge is -2.22. The van der Waals surface area contributed by atoms with E-state index in [2.05, 4.69) is 20.4 Å². The number of carboxylic acid groups (broad SMARTS) is 1. The Labute approximate surface area is 224 Å². The molecule has 4 aromatic rings. The van der Waals surface area contributed by atoms with Crippen molar-refractivity contribution in [3.05, 3.63) is 74.7 Å². The summed E-state index contributed by atoms with van der Waals surface area (Å²) in [6, 6.07) is 3.71. The number of carbonyl (C=O) groups is 1. The molecule has 0 unspecified atom stereocenters. The predicted octanol–water partition coefficient (Wildman–Crippen LogP) is 4.60. The lowest BCUT2D eigenvalue weighted by Crippen LogP contribution is -2.23. The Hall–Kier alpha value is -3.97. The fraction of sp³-hybridized carbons (Fsp3) is 0.320. The Kier molecular flexibility index (Phi) is 7.03. The van der Waals surface area contributed by atoms with Gasteiger partial charge in [0.15, 0.2) is 5.69 Å². The van der Waals surface area contributed by atoms with Gasteiger partial charge in [-0.05, 0) is 38.0 Å². The summed E-state index contributed by atoms with van der Waals surface area (Å²) in [7, 11) is 0. The number of nitrogens with one attached hydrogen (secondary N) is 1. The van der Waals surface area contributed by atoms with Gasteiger partial charge in [-0.2, -0.15) is 18.3 Å². The number of carboxylic acids is 1. The summed E-state index contributed by atoms with van der Waals surface area (Å²) < 4.78 is 49.3. The molecule has 14 heteroatoms. The first-order chi connectivity index (χ1) is 18.5. The van der Waals surface area contributed by atoms with E-state index in [1.54, 1.807) is 17.1 Å². The number of fused-ring (bicyclic) bond motifs is 1. The van der Waals surface area contributed by atoms with Crippen LogP contribution < -0.4 is 10.9 Å². The van der Waals surface area contributed by atoms with E-state index >= 15 is 0 Å².